The summed E-state index contributed by atoms with van der Waals surface area (Å²) in [6.07, 6.45) is 0. The fraction of sp³-hybridized carbons (Fsp3) is 0. The number of primary amides is 1. The Hall–Kier alpha value is -1.49. The van der Waals surface area contributed by atoms with Crippen LogP contribution >= 0.6 is 11.8 Å². The van der Waals surface area contributed by atoms with Gasteiger partial charge in [0.15, 0.2) is 5.17 Å². The molecule has 0 heterocycles. The number of carbonyl (C=O) groups is 1. The molecule has 0 aliphatic heterocycles. The van der Waals surface area contributed by atoms with Crippen LogP contribution in [0.1, 0.15) is 0 Å². The molecule has 0 aliphatic rings. The Morgan fingerprint density at radius 3 is 2.38 bits per heavy atom. The molecule has 0 saturated heterocycles. The van der Waals surface area contributed by atoms with Gasteiger partial charge in [0.25, 0.3) is 0 Å². The maximum atomic E-state index is 10.3. The topological polar surface area (TPSA) is 81.5 Å². The van der Waals surface area contributed by atoms with Gasteiger partial charge in [-0.3, -0.25) is 0 Å². The van der Waals surface area contributed by atoms with Crippen LogP contribution in [0.5, 0.6) is 0 Å². The molecule has 1 aromatic carbocycles. The van der Waals surface area contributed by atoms with Crippen LogP contribution in [0.4, 0.5) is 4.79 Å². The van der Waals surface area contributed by atoms with Crippen molar-refractivity contribution < 1.29 is 4.79 Å². The van der Waals surface area contributed by atoms with Gasteiger partial charge in [0.2, 0.25) is 0 Å². The number of amides is 2. The first kappa shape index (κ1) is 9.60. The molecular weight excluding hydrogens is 186 g/mol. The second-order valence-corrected chi connectivity index (χ2v) is 3.30. The molecule has 68 valence electrons. The Morgan fingerprint density at radius 1 is 1.23 bits per heavy atom. The quantitative estimate of drug-likeness (QED) is 0.401. The summed E-state index contributed by atoms with van der Waals surface area (Å²) in [4.78, 5) is 14.6. The number of hydrogen-bond donors (Lipinski definition) is 2. The third kappa shape index (κ3) is 3.62. The van der Waals surface area contributed by atoms with Crippen molar-refractivity contribution in [1.29, 1.82) is 0 Å². The molecule has 0 fully saturated rings. The summed E-state index contributed by atoms with van der Waals surface area (Å²) in [5.41, 5.74) is 10.2. The van der Waals surface area contributed by atoms with E-state index in [0.717, 1.165) is 4.90 Å². The number of urea groups is 1. The maximum absolute atomic E-state index is 10.3. The van der Waals surface area contributed by atoms with Gasteiger partial charge in [0.1, 0.15) is 0 Å². The first-order valence-corrected chi connectivity index (χ1v) is 4.36. The van der Waals surface area contributed by atoms with Gasteiger partial charge in [0, 0.05) is 4.90 Å². The molecule has 5 heteroatoms. The zero-order valence-electron chi connectivity index (χ0n) is 6.81. The molecule has 0 unspecified atom stereocenters. The molecule has 4 nitrogen and oxygen atoms in total. The lowest BCUT2D eigenvalue weighted by molar-refractivity contribution is 0.257. The van der Waals surface area contributed by atoms with E-state index in [2.05, 4.69) is 4.99 Å². The number of hydrogen-bond acceptors (Lipinski definition) is 2. The van der Waals surface area contributed by atoms with Gasteiger partial charge in [0.05, 0.1) is 0 Å². The van der Waals surface area contributed by atoms with Crippen LogP contribution in [-0.4, -0.2) is 11.2 Å². The highest BCUT2D eigenvalue weighted by Crippen LogP contribution is 2.16. The Kier molecular flexibility index (Phi) is 3.33. The van der Waals surface area contributed by atoms with E-state index < -0.39 is 6.03 Å². The molecule has 13 heavy (non-hydrogen) atoms. The van der Waals surface area contributed by atoms with Gasteiger partial charge in [-0.1, -0.05) is 30.0 Å². The van der Waals surface area contributed by atoms with Gasteiger partial charge < -0.3 is 11.5 Å². The second kappa shape index (κ2) is 4.51. The summed E-state index contributed by atoms with van der Waals surface area (Å²) in [5.74, 6) is 0. The predicted molar refractivity (Wildman–Crippen MR) is 53.5 cm³/mol. The Bertz CT molecular complexity index is 323. The molecule has 0 radical (unpaired) electrons. The molecule has 0 bridgehead atoms. The lowest BCUT2D eigenvalue weighted by Crippen LogP contribution is -2.13. The van der Waals surface area contributed by atoms with Crippen molar-refractivity contribution in [3.63, 3.8) is 0 Å². The van der Waals surface area contributed by atoms with Gasteiger partial charge in [-0.25, -0.2) is 4.79 Å². The molecule has 0 spiro atoms. The van der Waals surface area contributed by atoms with Crippen LogP contribution in [0, 0.1) is 0 Å². The summed E-state index contributed by atoms with van der Waals surface area (Å²) in [6.45, 7) is 0. The lowest BCUT2D eigenvalue weighted by atomic mass is 10.4. The third-order valence-corrected chi connectivity index (χ3v) is 1.99. The fourth-order valence-corrected chi connectivity index (χ4v) is 1.41. The smallest absolute Gasteiger partial charge is 0.340 e. The minimum Gasteiger partial charge on any atom is -0.378 e. The normalized spacial score (nSPS) is 11.2. The van der Waals surface area contributed by atoms with E-state index in [1.807, 2.05) is 30.3 Å². The van der Waals surface area contributed by atoms with Gasteiger partial charge >= 0.3 is 6.03 Å². The minimum absolute atomic E-state index is 0.152. The SMILES string of the molecule is NC(=O)N=C(N)Sc1ccccc1. The number of benzene rings is 1. The van der Waals surface area contributed by atoms with E-state index in [9.17, 15) is 4.79 Å². The number of amidine groups is 1. The van der Waals surface area contributed by atoms with Crippen molar-refractivity contribution in [3.8, 4) is 0 Å². The summed E-state index contributed by atoms with van der Waals surface area (Å²) in [6, 6.07) is 8.61. The number of nitrogens with zero attached hydrogens (tertiary/aromatic N) is 1. The van der Waals surface area contributed by atoms with Crippen LogP contribution < -0.4 is 11.5 Å². The van der Waals surface area contributed by atoms with Gasteiger partial charge in [-0.15, -0.1) is 0 Å². The van der Waals surface area contributed by atoms with Crippen molar-refractivity contribution in [3.05, 3.63) is 30.3 Å². The summed E-state index contributed by atoms with van der Waals surface area (Å²) < 4.78 is 0. The highest BCUT2D eigenvalue weighted by Gasteiger charge is 1.97. The third-order valence-electron chi connectivity index (χ3n) is 1.19. The maximum Gasteiger partial charge on any atom is 0.340 e. The zero-order chi connectivity index (χ0) is 9.68. The highest BCUT2D eigenvalue weighted by molar-refractivity contribution is 8.13. The van der Waals surface area contributed by atoms with Crippen molar-refractivity contribution in [1.82, 2.24) is 0 Å². The zero-order valence-corrected chi connectivity index (χ0v) is 7.62. The average Bonchev–Trinajstić information content (AvgIpc) is 2.04. The summed E-state index contributed by atoms with van der Waals surface area (Å²) >= 11 is 1.20. The van der Waals surface area contributed by atoms with Crippen molar-refractivity contribution >= 4 is 23.0 Å². The van der Waals surface area contributed by atoms with Gasteiger partial charge in [-0.05, 0) is 12.1 Å². The Balaban J connectivity index is 2.65. The monoisotopic (exact) mass is 195 g/mol. The molecule has 4 N–H and O–H groups in total. The minimum atomic E-state index is -0.777. The number of carbonyl (C=O) groups excluding carboxylic acids is 1. The van der Waals surface area contributed by atoms with Crippen LogP contribution in [-0.2, 0) is 0 Å². The number of aliphatic imine (C=N–C) groups is 1. The average molecular weight is 195 g/mol. The summed E-state index contributed by atoms with van der Waals surface area (Å²) in [7, 11) is 0. The first-order chi connectivity index (χ1) is 6.18. The number of nitrogens with two attached hydrogens (primary N) is 2. The molecule has 2 amide bonds. The van der Waals surface area contributed by atoms with E-state index in [0.29, 0.717) is 0 Å². The Morgan fingerprint density at radius 2 is 1.85 bits per heavy atom. The fourth-order valence-electron chi connectivity index (χ4n) is 0.741. The molecule has 0 atom stereocenters. The first-order valence-electron chi connectivity index (χ1n) is 3.55. The van der Waals surface area contributed by atoms with Crippen LogP contribution in [0.15, 0.2) is 40.2 Å². The van der Waals surface area contributed by atoms with E-state index in [1.54, 1.807) is 0 Å². The largest absolute Gasteiger partial charge is 0.378 e. The highest BCUT2D eigenvalue weighted by atomic mass is 32.2. The van der Waals surface area contributed by atoms with Crippen LogP contribution in [0.2, 0.25) is 0 Å². The van der Waals surface area contributed by atoms with Crippen LogP contribution in [0.3, 0.4) is 0 Å². The summed E-state index contributed by atoms with van der Waals surface area (Å²) in [5, 5.41) is 0.152. The second-order valence-electron chi connectivity index (χ2n) is 2.20. The molecule has 1 rings (SSSR count). The molecule has 0 saturated carbocycles. The van der Waals surface area contributed by atoms with Crippen LogP contribution in [0.25, 0.3) is 0 Å². The Labute approximate surface area is 80.0 Å². The number of rotatable bonds is 1. The lowest BCUT2D eigenvalue weighted by Gasteiger charge is -1.97. The van der Waals surface area contributed by atoms with Crippen molar-refractivity contribution in [2.75, 3.05) is 0 Å². The van der Waals surface area contributed by atoms with Crippen molar-refractivity contribution in [2.24, 2.45) is 16.5 Å². The van der Waals surface area contributed by atoms with E-state index in [-0.39, 0.29) is 5.17 Å². The van der Waals surface area contributed by atoms with E-state index >= 15 is 0 Å². The molecule has 1 aromatic rings. The predicted octanol–water partition coefficient (Wildman–Crippen LogP) is 1.17. The van der Waals surface area contributed by atoms with E-state index in [1.165, 1.54) is 11.8 Å². The molecule has 0 aliphatic carbocycles. The standard InChI is InChI=1S/C8H9N3OS/c9-7(12)11-8(10)13-6-4-2-1-3-5-6/h1-5H,(H4,9,10,11,12). The van der Waals surface area contributed by atoms with Gasteiger partial charge in [-0.2, -0.15) is 4.99 Å². The van der Waals surface area contributed by atoms with E-state index in [4.69, 9.17) is 11.5 Å². The number of thioether (sulfide) groups is 1. The molecular formula is C8H9N3OS. The molecule has 0 aromatic heterocycles. The van der Waals surface area contributed by atoms with Crippen molar-refractivity contribution in [2.45, 2.75) is 4.90 Å².